The summed E-state index contributed by atoms with van der Waals surface area (Å²) >= 11 is 0. The van der Waals surface area contributed by atoms with Crippen LogP contribution in [0.15, 0.2) is 30.3 Å². The summed E-state index contributed by atoms with van der Waals surface area (Å²) in [7, 11) is 1.94. The van der Waals surface area contributed by atoms with Gasteiger partial charge in [0.15, 0.2) is 0 Å². The topological polar surface area (TPSA) is 27.1 Å². The molecule has 0 aliphatic rings. The molecule has 0 aliphatic carbocycles. The zero-order valence-corrected chi connectivity index (χ0v) is 10.6. The highest BCUT2D eigenvalue weighted by molar-refractivity contribution is 5.28. The molecule has 1 aromatic carbocycles. The summed E-state index contributed by atoms with van der Waals surface area (Å²) < 4.78 is 7.63. The summed E-state index contributed by atoms with van der Waals surface area (Å²) in [6, 6.07) is 10.3. The minimum absolute atomic E-state index is 0.560. The molecule has 0 atom stereocenters. The first-order valence-electron chi connectivity index (χ1n) is 5.90. The predicted molar refractivity (Wildman–Crippen MR) is 68.1 cm³/mol. The summed E-state index contributed by atoms with van der Waals surface area (Å²) in [6.45, 7) is 4.69. The van der Waals surface area contributed by atoms with E-state index in [2.05, 4.69) is 24.2 Å². The highest BCUT2D eigenvalue weighted by Crippen LogP contribution is 2.15. The third-order valence-electron chi connectivity index (χ3n) is 2.79. The van der Waals surface area contributed by atoms with Crippen molar-refractivity contribution in [2.75, 3.05) is 0 Å². The van der Waals surface area contributed by atoms with Gasteiger partial charge in [-0.25, -0.2) is 0 Å². The summed E-state index contributed by atoms with van der Waals surface area (Å²) in [4.78, 5) is 0. The minimum atomic E-state index is 0.560. The zero-order chi connectivity index (χ0) is 12.3. The molecular weight excluding hydrogens is 212 g/mol. The van der Waals surface area contributed by atoms with E-state index in [9.17, 15) is 0 Å². The average Bonchev–Trinajstić information content (AvgIpc) is 2.65. The van der Waals surface area contributed by atoms with E-state index < -0.39 is 0 Å². The second kappa shape index (κ2) is 5.04. The van der Waals surface area contributed by atoms with E-state index in [-0.39, 0.29) is 0 Å². The van der Waals surface area contributed by atoms with Crippen LogP contribution < -0.4 is 4.74 Å². The number of aromatic nitrogens is 2. The van der Waals surface area contributed by atoms with E-state index >= 15 is 0 Å². The summed E-state index contributed by atoms with van der Waals surface area (Å²) in [5, 5.41) is 4.29. The van der Waals surface area contributed by atoms with E-state index in [1.165, 1.54) is 5.56 Å². The summed E-state index contributed by atoms with van der Waals surface area (Å²) in [6.07, 6.45) is 1.03. The van der Waals surface area contributed by atoms with Crippen molar-refractivity contribution in [1.29, 1.82) is 0 Å². The second-order valence-electron chi connectivity index (χ2n) is 4.19. The molecule has 0 saturated heterocycles. The van der Waals surface area contributed by atoms with Crippen LogP contribution in [0.2, 0.25) is 0 Å². The molecule has 0 fully saturated rings. The summed E-state index contributed by atoms with van der Waals surface area (Å²) in [5.41, 5.74) is 3.40. The minimum Gasteiger partial charge on any atom is -0.487 e. The number of hydrogen-bond acceptors (Lipinski definition) is 2. The van der Waals surface area contributed by atoms with E-state index in [0.29, 0.717) is 6.61 Å². The fourth-order valence-electron chi connectivity index (χ4n) is 1.81. The standard InChI is InChI=1S/C14H18N2O/c1-4-12-6-5-7-14(9-12)17-10-13-8-11(2)15-16(13)3/h5-9H,4,10H2,1-3H3. The van der Waals surface area contributed by atoms with Crippen LogP contribution in [0.1, 0.15) is 23.9 Å². The van der Waals surface area contributed by atoms with Crippen LogP contribution in [-0.4, -0.2) is 9.78 Å². The summed E-state index contributed by atoms with van der Waals surface area (Å²) in [5.74, 6) is 0.920. The van der Waals surface area contributed by atoms with Gasteiger partial charge in [-0.1, -0.05) is 19.1 Å². The lowest BCUT2D eigenvalue weighted by Gasteiger charge is -2.07. The first-order chi connectivity index (χ1) is 8.19. The normalized spacial score (nSPS) is 10.5. The van der Waals surface area contributed by atoms with Crippen LogP contribution >= 0.6 is 0 Å². The lowest BCUT2D eigenvalue weighted by atomic mass is 10.2. The molecule has 0 amide bonds. The van der Waals surface area contributed by atoms with E-state index in [0.717, 1.165) is 23.6 Å². The Kier molecular flexibility index (Phi) is 3.47. The molecule has 0 bridgehead atoms. The Hall–Kier alpha value is -1.77. The smallest absolute Gasteiger partial charge is 0.130 e. The Balaban J connectivity index is 2.04. The average molecular weight is 230 g/mol. The molecule has 0 spiro atoms. The highest BCUT2D eigenvalue weighted by atomic mass is 16.5. The van der Waals surface area contributed by atoms with Crippen LogP contribution in [-0.2, 0) is 20.1 Å². The molecule has 1 aromatic heterocycles. The zero-order valence-electron chi connectivity index (χ0n) is 10.6. The van der Waals surface area contributed by atoms with Crippen LogP contribution in [0.25, 0.3) is 0 Å². The quantitative estimate of drug-likeness (QED) is 0.807. The molecule has 2 aromatic rings. The Labute approximate surface area is 102 Å². The van der Waals surface area contributed by atoms with Crippen molar-refractivity contribution < 1.29 is 4.74 Å². The molecule has 3 heteroatoms. The number of nitrogens with zero attached hydrogens (tertiary/aromatic N) is 2. The maximum absolute atomic E-state index is 5.77. The first-order valence-corrected chi connectivity index (χ1v) is 5.90. The van der Waals surface area contributed by atoms with Gasteiger partial charge in [0.1, 0.15) is 12.4 Å². The van der Waals surface area contributed by atoms with Gasteiger partial charge in [0.2, 0.25) is 0 Å². The molecule has 1 heterocycles. The molecule has 90 valence electrons. The molecule has 0 aliphatic heterocycles. The molecule has 0 radical (unpaired) electrons. The van der Waals surface area contributed by atoms with Gasteiger partial charge >= 0.3 is 0 Å². The second-order valence-corrected chi connectivity index (χ2v) is 4.19. The number of ether oxygens (including phenoxy) is 1. The van der Waals surface area contributed by atoms with Gasteiger partial charge in [0.25, 0.3) is 0 Å². The van der Waals surface area contributed by atoms with Crippen LogP contribution in [0, 0.1) is 6.92 Å². The van der Waals surface area contributed by atoms with Crippen molar-refractivity contribution in [2.24, 2.45) is 7.05 Å². The van der Waals surface area contributed by atoms with Crippen LogP contribution in [0.5, 0.6) is 5.75 Å². The molecule has 2 rings (SSSR count). The molecule has 3 nitrogen and oxygen atoms in total. The number of hydrogen-bond donors (Lipinski definition) is 0. The van der Waals surface area contributed by atoms with Crippen molar-refractivity contribution in [1.82, 2.24) is 9.78 Å². The van der Waals surface area contributed by atoms with E-state index in [4.69, 9.17) is 4.74 Å². The largest absolute Gasteiger partial charge is 0.487 e. The third-order valence-corrected chi connectivity index (χ3v) is 2.79. The van der Waals surface area contributed by atoms with Crippen LogP contribution in [0.4, 0.5) is 0 Å². The predicted octanol–water partition coefficient (Wildman–Crippen LogP) is 2.87. The van der Waals surface area contributed by atoms with Gasteiger partial charge < -0.3 is 4.74 Å². The maximum atomic E-state index is 5.77. The monoisotopic (exact) mass is 230 g/mol. The van der Waals surface area contributed by atoms with Gasteiger partial charge in [-0.2, -0.15) is 5.10 Å². The van der Waals surface area contributed by atoms with E-state index in [1.807, 2.05) is 36.9 Å². The Morgan fingerprint density at radius 2 is 2.12 bits per heavy atom. The lowest BCUT2D eigenvalue weighted by molar-refractivity contribution is 0.294. The number of aryl methyl sites for hydroxylation is 3. The van der Waals surface area contributed by atoms with Gasteiger partial charge in [-0.05, 0) is 37.1 Å². The highest BCUT2D eigenvalue weighted by Gasteiger charge is 2.03. The molecular formula is C14H18N2O. The fraction of sp³-hybridized carbons (Fsp3) is 0.357. The molecule has 0 unspecified atom stereocenters. The van der Waals surface area contributed by atoms with Crippen molar-refractivity contribution in [2.45, 2.75) is 26.9 Å². The van der Waals surface area contributed by atoms with Gasteiger partial charge in [-0.15, -0.1) is 0 Å². The number of rotatable bonds is 4. The van der Waals surface area contributed by atoms with Gasteiger partial charge in [0.05, 0.1) is 11.4 Å². The van der Waals surface area contributed by atoms with E-state index in [1.54, 1.807) is 0 Å². The van der Waals surface area contributed by atoms with Gasteiger partial charge in [-0.3, -0.25) is 4.68 Å². The molecule has 0 saturated carbocycles. The van der Waals surface area contributed by atoms with Crippen molar-refractivity contribution in [3.05, 3.63) is 47.3 Å². The maximum Gasteiger partial charge on any atom is 0.130 e. The lowest BCUT2D eigenvalue weighted by Crippen LogP contribution is -2.03. The molecule has 0 N–H and O–H groups in total. The van der Waals surface area contributed by atoms with Crippen molar-refractivity contribution in [3.8, 4) is 5.75 Å². The number of benzene rings is 1. The third kappa shape index (κ3) is 2.87. The van der Waals surface area contributed by atoms with Crippen molar-refractivity contribution in [3.63, 3.8) is 0 Å². The van der Waals surface area contributed by atoms with Crippen molar-refractivity contribution >= 4 is 0 Å². The Morgan fingerprint density at radius 1 is 1.29 bits per heavy atom. The Bertz CT molecular complexity index is 503. The SMILES string of the molecule is CCc1cccc(OCc2cc(C)nn2C)c1. The first kappa shape index (κ1) is 11.7. The van der Waals surface area contributed by atoms with Crippen LogP contribution in [0.3, 0.4) is 0 Å². The molecule has 17 heavy (non-hydrogen) atoms. The Morgan fingerprint density at radius 3 is 2.76 bits per heavy atom. The van der Waals surface area contributed by atoms with Gasteiger partial charge in [0, 0.05) is 7.05 Å². The fourth-order valence-corrected chi connectivity index (χ4v) is 1.81.